The second-order valence-corrected chi connectivity index (χ2v) is 3.90. The minimum Gasteiger partial charge on any atom is -0.315 e. The van der Waals surface area contributed by atoms with Crippen molar-refractivity contribution in [2.45, 2.75) is 19.5 Å². The zero-order valence-corrected chi connectivity index (χ0v) is 9.44. The number of rotatable bonds is 3. The molecule has 1 aromatic heterocycles. The maximum absolute atomic E-state index is 8.80. The van der Waals surface area contributed by atoms with E-state index in [4.69, 9.17) is 5.26 Å². The van der Waals surface area contributed by atoms with Gasteiger partial charge in [-0.05, 0) is 32.2 Å². The molecule has 2 rings (SSSR count). The van der Waals surface area contributed by atoms with Crippen LogP contribution in [0.2, 0.25) is 0 Å². The van der Waals surface area contributed by atoms with E-state index in [2.05, 4.69) is 23.4 Å². The van der Waals surface area contributed by atoms with Crippen LogP contribution in [0, 0.1) is 11.3 Å². The van der Waals surface area contributed by atoms with Gasteiger partial charge in [0.1, 0.15) is 0 Å². The van der Waals surface area contributed by atoms with E-state index >= 15 is 0 Å². The Hall–Kier alpha value is -1.86. The van der Waals surface area contributed by atoms with E-state index in [1.807, 2.05) is 29.9 Å². The Balaban J connectivity index is 2.39. The highest BCUT2D eigenvalue weighted by Crippen LogP contribution is 2.15. The molecular formula is C12H14N4. The largest absolute Gasteiger partial charge is 0.315 e. The third-order valence-corrected chi connectivity index (χ3v) is 2.71. The summed E-state index contributed by atoms with van der Waals surface area (Å²) in [4.78, 5) is 0. The number of hydrogen-bond acceptors (Lipinski definition) is 3. The highest BCUT2D eigenvalue weighted by Gasteiger charge is 2.06. The fourth-order valence-electron chi connectivity index (χ4n) is 1.65. The lowest BCUT2D eigenvalue weighted by molar-refractivity contribution is 0.492. The third-order valence-electron chi connectivity index (χ3n) is 2.71. The van der Waals surface area contributed by atoms with Crippen molar-refractivity contribution in [1.82, 2.24) is 15.1 Å². The first kappa shape index (κ1) is 10.7. The highest BCUT2D eigenvalue weighted by atomic mass is 15.3. The third kappa shape index (κ3) is 1.90. The van der Waals surface area contributed by atoms with E-state index < -0.39 is 0 Å². The summed E-state index contributed by atoms with van der Waals surface area (Å²) in [6.45, 7) is 2.93. The van der Waals surface area contributed by atoms with Crippen LogP contribution in [-0.4, -0.2) is 22.9 Å². The molecule has 0 aliphatic rings. The number of fused-ring (bicyclic) bond motifs is 1. The van der Waals surface area contributed by atoms with Crippen molar-refractivity contribution < 1.29 is 0 Å². The van der Waals surface area contributed by atoms with Crippen LogP contribution < -0.4 is 5.32 Å². The van der Waals surface area contributed by atoms with Crippen molar-refractivity contribution >= 4 is 10.9 Å². The molecule has 0 aliphatic heterocycles. The predicted molar refractivity (Wildman–Crippen MR) is 63.0 cm³/mol. The van der Waals surface area contributed by atoms with E-state index in [0.29, 0.717) is 11.6 Å². The number of nitrogens with zero attached hydrogens (tertiary/aromatic N) is 3. The maximum Gasteiger partial charge on any atom is 0.0991 e. The Morgan fingerprint density at radius 3 is 3.06 bits per heavy atom. The van der Waals surface area contributed by atoms with Crippen LogP contribution in [0.4, 0.5) is 0 Å². The van der Waals surface area contributed by atoms with Gasteiger partial charge in [0.25, 0.3) is 0 Å². The summed E-state index contributed by atoms with van der Waals surface area (Å²) in [5, 5.41) is 17.3. The lowest BCUT2D eigenvalue weighted by atomic mass is 10.2. The monoisotopic (exact) mass is 214 g/mol. The molecule has 0 bridgehead atoms. The van der Waals surface area contributed by atoms with Crippen LogP contribution in [0.1, 0.15) is 12.5 Å². The average Bonchev–Trinajstić information content (AvgIpc) is 2.71. The molecule has 1 heterocycles. The first-order chi connectivity index (χ1) is 7.74. The number of nitriles is 1. The Labute approximate surface area is 94.5 Å². The zero-order chi connectivity index (χ0) is 11.5. The van der Waals surface area contributed by atoms with Gasteiger partial charge in [-0.2, -0.15) is 10.4 Å². The van der Waals surface area contributed by atoms with Gasteiger partial charge >= 0.3 is 0 Å². The molecule has 0 saturated carbocycles. The second kappa shape index (κ2) is 4.33. The molecular weight excluding hydrogens is 200 g/mol. The van der Waals surface area contributed by atoms with Crippen LogP contribution >= 0.6 is 0 Å². The molecule has 82 valence electrons. The fourth-order valence-corrected chi connectivity index (χ4v) is 1.65. The van der Waals surface area contributed by atoms with Gasteiger partial charge in [0.15, 0.2) is 0 Å². The van der Waals surface area contributed by atoms with Crippen LogP contribution in [0.3, 0.4) is 0 Å². The molecule has 2 aromatic rings. The Kier molecular flexibility index (Phi) is 2.88. The van der Waals surface area contributed by atoms with E-state index in [1.165, 1.54) is 0 Å². The van der Waals surface area contributed by atoms with Gasteiger partial charge in [0.05, 0.1) is 29.9 Å². The molecule has 1 atom stereocenters. The highest BCUT2D eigenvalue weighted by molar-refractivity contribution is 5.80. The summed E-state index contributed by atoms with van der Waals surface area (Å²) >= 11 is 0. The smallest absolute Gasteiger partial charge is 0.0991 e. The molecule has 0 aliphatic carbocycles. The first-order valence-corrected chi connectivity index (χ1v) is 5.27. The Morgan fingerprint density at radius 1 is 1.56 bits per heavy atom. The number of nitrogens with one attached hydrogen (secondary N) is 1. The van der Waals surface area contributed by atoms with Crippen LogP contribution in [0.5, 0.6) is 0 Å². The predicted octanol–water partition coefficient (Wildman–Crippen LogP) is 1.52. The van der Waals surface area contributed by atoms with Crippen molar-refractivity contribution in [1.29, 1.82) is 5.26 Å². The van der Waals surface area contributed by atoms with Crippen molar-refractivity contribution in [3.05, 3.63) is 30.0 Å². The van der Waals surface area contributed by atoms with Gasteiger partial charge in [0.2, 0.25) is 0 Å². The Bertz CT molecular complexity index is 535. The van der Waals surface area contributed by atoms with Gasteiger partial charge in [-0.15, -0.1) is 0 Å². The van der Waals surface area contributed by atoms with E-state index in [0.717, 1.165) is 17.4 Å². The second-order valence-electron chi connectivity index (χ2n) is 3.90. The maximum atomic E-state index is 8.80. The molecule has 0 fully saturated rings. The summed E-state index contributed by atoms with van der Waals surface area (Å²) < 4.78 is 1.96. The summed E-state index contributed by atoms with van der Waals surface area (Å²) in [6, 6.07) is 8.14. The lowest BCUT2D eigenvalue weighted by Gasteiger charge is -2.10. The summed E-state index contributed by atoms with van der Waals surface area (Å²) in [7, 11) is 1.93. The molecule has 0 saturated heterocycles. The molecule has 0 radical (unpaired) electrons. The number of likely N-dealkylation sites (N-methyl/N-ethyl adjacent to an activating group) is 1. The van der Waals surface area contributed by atoms with Crippen molar-refractivity contribution in [2.75, 3.05) is 7.05 Å². The average molecular weight is 214 g/mol. The van der Waals surface area contributed by atoms with E-state index in [1.54, 1.807) is 6.20 Å². The van der Waals surface area contributed by atoms with Gasteiger partial charge in [-0.3, -0.25) is 4.68 Å². The number of hydrogen-bond donors (Lipinski definition) is 1. The van der Waals surface area contributed by atoms with Gasteiger partial charge in [-0.1, -0.05) is 0 Å². The van der Waals surface area contributed by atoms with Gasteiger partial charge in [-0.25, -0.2) is 0 Å². The van der Waals surface area contributed by atoms with Crippen LogP contribution in [-0.2, 0) is 6.54 Å². The molecule has 4 nitrogen and oxygen atoms in total. The fraction of sp³-hybridized carbons (Fsp3) is 0.333. The summed E-state index contributed by atoms with van der Waals surface area (Å²) in [5.41, 5.74) is 1.75. The topological polar surface area (TPSA) is 53.6 Å². The minimum absolute atomic E-state index is 0.374. The van der Waals surface area contributed by atoms with Gasteiger partial charge in [0, 0.05) is 11.4 Å². The Morgan fingerprint density at radius 2 is 2.38 bits per heavy atom. The summed E-state index contributed by atoms with van der Waals surface area (Å²) in [5.74, 6) is 0. The van der Waals surface area contributed by atoms with Crippen LogP contribution in [0.15, 0.2) is 24.4 Å². The van der Waals surface area contributed by atoms with Crippen molar-refractivity contribution in [3.8, 4) is 6.07 Å². The van der Waals surface area contributed by atoms with Crippen molar-refractivity contribution in [2.24, 2.45) is 0 Å². The standard InChI is InChI=1S/C12H14N4/c1-9(14-2)8-16-12-4-3-10(6-13)5-11(12)7-15-16/h3-5,7,9,14H,8H2,1-2H3. The van der Waals surface area contributed by atoms with Crippen molar-refractivity contribution in [3.63, 3.8) is 0 Å². The van der Waals surface area contributed by atoms with E-state index in [9.17, 15) is 0 Å². The van der Waals surface area contributed by atoms with Gasteiger partial charge < -0.3 is 5.32 Å². The number of benzene rings is 1. The first-order valence-electron chi connectivity index (χ1n) is 5.27. The number of aromatic nitrogens is 2. The molecule has 0 amide bonds. The molecule has 16 heavy (non-hydrogen) atoms. The quantitative estimate of drug-likeness (QED) is 0.842. The molecule has 0 spiro atoms. The molecule has 1 N–H and O–H groups in total. The molecule has 4 heteroatoms. The van der Waals surface area contributed by atoms with E-state index in [-0.39, 0.29) is 0 Å². The van der Waals surface area contributed by atoms with Crippen LogP contribution in [0.25, 0.3) is 10.9 Å². The molecule has 1 aromatic carbocycles. The molecule has 1 unspecified atom stereocenters. The minimum atomic E-state index is 0.374. The zero-order valence-electron chi connectivity index (χ0n) is 9.44. The summed E-state index contributed by atoms with van der Waals surface area (Å²) in [6.07, 6.45) is 1.80. The normalized spacial score (nSPS) is 12.6. The lowest BCUT2D eigenvalue weighted by Crippen LogP contribution is -2.27. The SMILES string of the molecule is CNC(C)Cn1ncc2cc(C#N)ccc21.